The molecule has 18 heavy (non-hydrogen) atoms. The normalized spacial score (nSPS) is 10.7. The van der Waals surface area contributed by atoms with Crippen molar-refractivity contribution in [1.82, 2.24) is 0 Å². The Hall–Kier alpha value is -2.69. The lowest BCUT2D eigenvalue weighted by Gasteiger charge is -2.02. The van der Waals surface area contributed by atoms with E-state index in [9.17, 15) is 15.3 Å². The van der Waals surface area contributed by atoms with Crippen molar-refractivity contribution in [2.45, 2.75) is 0 Å². The molecule has 5 nitrogen and oxygen atoms in total. The number of nitrogens with zero attached hydrogens (tertiary/aromatic N) is 1. The highest BCUT2D eigenvalue weighted by atomic mass is 16.3. The van der Waals surface area contributed by atoms with Crippen LogP contribution in [0.25, 0.3) is 0 Å². The molecule has 0 unspecified atom stereocenters. The Morgan fingerprint density at radius 2 is 1.61 bits per heavy atom. The fourth-order valence-corrected chi connectivity index (χ4v) is 1.43. The van der Waals surface area contributed by atoms with Crippen molar-refractivity contribution in [1.29, 1.82) is 0 Å². The second-order valence-electron chi connectivity index (χ2n) is 3.67. The fraction of sp³-hybridized carbons (Fsp3) is 0. The molecule has 0 spiro atoms. The largest absolute Gasteiger partial charge is 0.508 e. The van der Waals surface area contributed by atoms with Gasteiger partial charge in [0.2, 0.25) is 0 Å². The van der Waals surface area contributed by atoms with E-state index in [0.717, 1.165) is 0 Å². The molecular weight excluding hydrogens is 232 g/mol. The van der Waals surface area contributed by atoms with Gasteiger partial charge in [0.25, 0.3) is 0 Å². The number of phenolic OH excluding ortho intramolecular Hbond substituents is 3. The Labute approximate surface area is 104 Å². The minimum Gasteiger partial charge on any atom is -0.508 e. The van der Waals surface area contributed by atoms with Crippen molar-refractivity contribution < 1.29 is 15.3 Å². The lowest BCUT2D eigenvalue weighted by molar-refractivity contribution is 0.451. The molecular formula is C13H12N2O3. The summed E-state index contributed by atoms with van der Waals surface area (Å²) in [4.78, 5) is 0. The summed E-state index contributed by atoms with van der Waals surface area (Å²) in [5, 5.41) is 31.9. The zero-order chi connectivity index (χ0) is 13.0. The maximum absolute atomic E-state index is 9.50. The predicted octanol–water partition coefficient (Wildman–Crippen LogP) is 2.25. The van der Waals surface area contributed by atoms with Crippen LogP contribution in [-0.2, 0) is 0 Å². The summed E-state index contributed by atoms with van der Waals surface area (Å²) >= 11 is 0. The third-order valence-corrected chi connectivity index (χ3v) is 2.24. The number of phenols is 3. The van der Waals surface area contributed by atoms with Crippen molar-refractivity contribution in [2.75, 3.05) is 5.43 Å². The van der Waals surface area contributed by atoms with Crippen LogP contribution in [0.3, 0.4) is 0 Å². The van der Waals surface area contributed by atoms with Crippen LogP contribution in [0.5, 0.6) is 17.2 Å². The Bertz CT molecular complexity index is 562. The summed E-state index contributed by atoms with van der Waals surface area (Å²) < 4.78 is 0. The smallest absolute Gasteiger partial charge is 0.124 e. The number of benzene rings is 2. The number of hydrogen-bond acceptors (Lipinski definition) is 5. The molecule has 2 aromatic rings. The Balaban J connectivity index is 2.10. The Morgan fingerprint density at radius 3 is 2.28 bits per heavy atom. The third kappa shape index (κ3) is 2.91. The lowest BCUT2D eigenvalue weighted by Crippen LogP contribution is -1.90. The molecule has 0 aliphatic heterocycles. The summed E-state index contributed by atoms with van der Waals surface area (Å²) in [6.07, 6.45) is 1.44. The molecule has 2 rings (SSSR count). The molecule has 0 aliphatic carbocycles. The summed E-state index contributed by atoms with van der Waals surface area (Å²) in [6.45, 7) is 0. The zero-order valence-electron chi connectivity index (χ0n) is 9.41. The highest BCUT2D eigenvalue weighted by molar-refractivity contribution is 5.83. The molecule has 2 aromatic carbocycles. The van der Waals surface area contributed by atoms with Crippen LogP contribution in [-0.4, -0.2) is 21.5 Å². The van der Waals surface area contributed by atoms with Crippen molar-refractivity contribution in [2.24, 2.45) is 5.10 Å². The molecule has 0 bridgehead atoms. The first-order valence-corrected chi connectivity index (χ1v) is 5.25. The highest BCUT2D eigenvalue weighted by Gasteiger charge is 1.98. The molecule has 0 saturated heterocycles. The minimum absolute atomic E-state index is 0.0599. The second-order valence-corrected chi connectivity index (χ2v) is 3.67. The quantitative estimate of drug-likeness (QED) is 0.493. The van der Waals surface area contributed by atoms with Crippen molar-refractivity contribution >= 4 is 11.9 Å². The number of anilines is 1. The fourth-order valence-electron chi connectivity index (χ4n) is 1.43. The van der Waals surface area contributed by atoms with Gasteiger partial charge in [-0.3, -0.25) is 5.43 Å². The molecule has 0 saturated carbocycles. The first-order chi connectivity index (χ1) is 8.65. The molecule has 0 atom stereocenters. The van der Waals surface area contributed by atoms with Crippen LogP contribution in [0, 0.1) is 0 Å². The first-order valence-electron chi connectivity index (χ1n) is 5.25. The maximum Gasteiger partial charge on any atom is 0.124 e. The monoisotopic (exact) mass is 244 g/mol. The van der Waals surface area contributed by atoms with Gasteiger partial charge < -0.3 is 15.3 Å². The van der Waals surface area contributed by atoms with Gasteiger partial charge in [0.15, 0.2) is 0 Å². The van der Waals surface area contributed by atoms with E-state index in [-0.39, 0.29) is 17.2 Å². The van der Waals surface area contributed by atoms with Crippen LogP contribution in [0.4, 0.5) is 5.69 Å². The second kappa shape index (κ2) is 5.09. The van der Waals surface area contributed by atoms with Gasteiger partial charge in [-0.1, -0.05) is 12.1 Å². The van der Waals surface area contributed by atoms with Gasteiger partial charge in [0, 0.05) is 23.8 Å². The molecule has 0 aromatic heterocycles. The summed E-state index contributed by atoms with van der Waals surface area (Å²) in [5.74, 6) is 0.00678. The van der Waals surface area contributed by atoms with Crippen molar-refractivity contribution in [3.63, 3.8) is 0 Å². The molecule has 0 radical (unpaired) electrons. The van der Waals surface area contributed by atoms with Crippen LogP contribution in [0.2, 0.25) is 0 Å². The van der Waals surface area contributed by atoms with Gasteiger partial charge in [0.1, 0.15) is 17.2 Å². The van der Waals surface area contributed by atoms with Crippen molar-refractivity contribution in [3.05, 3.63) is 48.0 Å². The lowest BCUT2D eigenvalue weighted by atomic mass is 10.2. The van der Waals surface area contributed by atoms with Gasteiger partial charge in [-0.2, -0.15) is 5.10 Å². The molecule has 92 valence electrons. The summed E-state index contributed by atoms with van der Waals surface area (Å²) in [6, 6.07) is 10.8. The van der Waals surface area contributed by atoms with E-state index in [4.69, 9.17) is 0 Å². The van der Waals surface area contributed by atoms with Gasteiger partial charge in [-0.05, 0) is 12.1 Å². The van der Waals surface area contributed by atoms with E-state index >= 15 is 0 Å². The van der Waals surface area contributed by atoms with Crippen LogP contribution < -0.4 is 5.43 Å². The summed E-state index contributed by atoms with van der Waals surface area (Å²) in [5.41, 5.74) is 3.65. The average Bonchev–Trinajstić information content (AvgIpc) is 2.30. The summed E-state index contributed by atoms with van der Waals surface area (Å²) in [7, 11) is 0. The molecule has 4 N–H and O–H groups in total. The van der Waals surface area contributed by atoms with E-state index in [1.54, 1.807) is 24.3 Å². The first kappa shape index (κ1) is 11.8. The average molecular weight is 244 g/mol. The molecule has 5 heteroatoms. The van der Waals surface area contributed by atoms with E-state index in [0.29, 0.717) is 11.3 Å². The van der Waals surface area contributed by atoms with E-state index in [1.807, 2.05) is 0 Å². The van der Waals surface area contributed by atoms with Crippen LogP contribution in [0.15, 0.2) is 47.6 Å². The maximum atomic E-state index is 9.50. The van der Waals surface area contributed by atoms with Gasteiger partial charge in [-0.15, -0.1) is 0 Å². The number of nitrogens with one attached hydrogen (secondary N) is 1. The number of aromatic hydroxyl groups is 3. The molecule has 0 amide bonds. The number of para-hydroxylation sites is 1. The van der Waals surface area contributed by atoms with E-state index < -0.39 is 0 Å². The SMILES string of the molecule is Oc1cc(O)cc(NN=Cc2ccccc2O)c1. The molecule has 0 heterocycles. The van der Waals surface area contributed by atoms with Crippen LogP contribution >= 0.6 is 0 Å². The zero-order valence-corrected chi connectivity index (χ0v) is 9.41. The standard InChI is InChI=1S/C13H12N2O3/c16-11-5-10(6-12(17)7-11)15-14-8-9-3-1-2-4-13(9)18/h1-8,15-18H. The highest BCUT2D eigenvalue weighted by Crippen LogP contribution is 2.23. The van der Waals surface area contributed by atoms with Crippen molar-refractivity contribution in [3.8, 4) is 17.2 Å². The van der Waals surface area contributed by atoms with Crippen LogP contribution in [0.1, 0.15) is 5.56 Å². The van der Waals surface area contributed by atoms with Gasteiger partial charge in [0.05, 0.1) is 11.9 Å². The van der Waals surface area contributed by atoms with Gasteiger partial charge >= 0.3 is 0 Å². The number of hydrogen-bond donors (Lipinski definition) is 4. The number of rotatable bonds is 3. The van der Waals surface area contributed by atoms with Gasteiger partial charge in [-0.25, -0.2) is 0 Å². The Morgan fingerprint density at radius 1 is 0.944 bits per heavy atom. The third-order valence-electron chi connectivity index (χ3n) is 2.24. The number of hydrazone groups is 1. The van der Waals surface area contributed by atoms with E-state index in [1.165, 1.54) is 24.4 Å². The Kier molecular flexibility index (Phi) is 3.33. The predicted molar refractivity (Wildman–Crippen MR) is 69.1 cm³/mol. The van der Waals surface area contributed by atoms with E-state index in [2.05, 4.69) is 10.5 Å². The molecule has 0 fully saturated rings. The molecule has 0 aliphatic rings. The topological polar surface area (TPSA) is 85.1 Å². The minimum atomic E-state index is -0.0599.